The molecule has 0 fully saturated rings. The molecule has 22 heavy (non-hydrogen) atoms. The van der Waals surface area contributed by atoms with Crippen LogP contribution < -0.4 is 0 Å². The van der Waals surface area contributed by atoms with Gasteiger partial charge in [0.15, 0.2) is 0 Å². The van der Waals surface area contributed by atoms with E-state index in [9.17, 15) is 0 Å². The molecule has 0 N–H and O–H groups in total. The Labute approximate surface area is 131 Å². The van der Waals surface area contributed by atoms with Crippen molar-refractivity contribution in [3.8, 4) is 0 Å². The molecule has 0 bridgehead atoms. The van der Waals surface area contributed by atoms with Crippen LogP contribution in [0.2, 0.25) is 0 Å². The quantitative estimate of drug-likeness (QED) is 0.843. The van der Waals surface area contributed by atoms with Gasteiger partial charge in [-0.05, 0) is 20.9 Å². The number of hydrogen-bond donors (Lipinski definition) is 0. The SMILES string of the molecule is CC(C)N(C)Cc1noc2c1CN(Cc1nccn1C)CC2. The van der Waals surface area contributed by atoms with Gasteiger partial charge in [0.1, 0.15) is 17.3 Å². The van der Waals surface area contributed by atoms with Crippen molar-refractivity contribution in [2.75, 3.05) is 13.6 Å². The van der Waals surface area contributed by atoms with Crippen molar-refractivity contribution >= 4 is 0 Å². The van der Waals surface area contributed by atoms with E-state index in [2.05, 4.69) is 45.4 Å². The second-order valence-corrected chi connectivity index (χ2v) is 6.45. The number of aryl methyl sites for hydroxylation is 1. The van der Waals surface area contributed by atoms with Crippen LogP contribution in [0.1, 0.15) is 36.7 Å². The molecule has 120 valence electrons. The van der Waals surface area contributed by atoms with Gasteiger partial charge in [-0.15, -0.1) is 0 Å². The summed E-state index contributed by atoms with van der Waals surface area (Å²) < 4.78 is 7.63. The molecule has 0 aliphatic carbocycles. The van der Waals surface area contributed by atoms with E-state index in [1.807, 2.05) is 19.4 Å². The number of fused-ring (bicyclic) bond motifs is 1. The summed E-state index contributed by atoms with van der Waals surface area (Å²) in [5, 5.41) is 4.31. The molecule has 2 aromatic rings. The van der Waals surface area contributed by atoms with E-state index >= 15 is 0 Å². The zero-order chi connectivity index (χ0) is 15.7. The minimum Gasteiger partial charge on any atom is -0.361 e. The zero-order valence-corrected chi connectivity index (χ0v) is 13.9. The Bertz CT molecular complexity index is 630. The Morgan fingerprint density at radius 3 is 2.91 bits per heavy atom. The summed E-state index contributed by atoms with van der Waals surface area (Å²) in [6, 6.07) is 0.500. The number of hydrogen-bond acceptors (Lipinski definition) is 5. The fraction of sp³-hybridized carbons (Fsp3) is 0.625. The molecule has 1 aliphatic rings. The largest absolute Gasteiger partial charge is 0.361 e. The van der Waals surface area contributed by atoms with Gasteiger partial charge in [-0.2, -0.15) is 0 Å². The van der Waals surface area contributed by atoms with Crippen LogP contribution in [0.25, 0.3) is 0 Å². The van der Waals surface area contributed by atoms with Crippen molar-refractivity contribution in [1.82, 2.24) is 24.5 Å². The van der Waals surface area contributed by atoms with Crippen LogP contribution in [0.3, 0.4) is 0 Å². The molecule has 1 aliphatic heterocycles. The van der Waals surface area contributed by atoms with E-state index in [0.717, 1.165) is 49.9 Å². The molecule has 0 radical (unpaired) electrons. The molecule has 0 aromatic carbocycles. The van der Waals surface area contributed by atoms with Gasteiger partial charge < -0.3 is 9.09 Å². The molecular formula is C16H25N5O. The number of aromatic nitrogens is 3. The number of rotatable bonds is 5. The summed E-state index contributed by atoms with van der Waals surface area (Å²) in [5.74, 6) is 2.16. The van der Waals surface area contributed by atoms with E-state index in [1.54, 1.807) is 0 Å². The normalized spacial score (nSPS) is 15.7. The average molecular weight is 303 g/mol. The predicted octanol–water partition coefficient (Wildman–Crippen LogP) is 1.81. The van der Waals surface area contributed by atoms with E-state index in [4.69, 9.17) is 4.52 Å². The molecule has 0 saturated heterocycles. The minimum absolute atomic E-state index is 0.500. The van der Waals surface area contributed by atoms with Gasteiger partial charge in [-0.1, -0.05) is 5.16 Å². The molecule has 3 rings (SSSR count). The van der Waals surface area contributed by atoms with Crippen molar-refractivity contribution in [2.45, 2.75) is 45.9 Å². The van der Waals surface area contributed by atoms with Gasteiger partial charge in [0.2, 0.25) is 0 Å². The molecular weight excluding hydrogens is 278 g/mol. The van der Waals surface area contributed by atoms with Gasteiger partial charge >= 0.3 is 0 Å². The summed E-state index contributed by atoms with van der Waals surface area (Å²) in [6.45, 7) is 7.99. The predicted molar refractivity (Wildman–Crippen MR) is 84.1 cm³/mol. The first kappa shape index (κ1) is 15.2. The first-order chi connectivity index (χ1) is 10.5. The van der Waals surface area contributed by atoms with Crippen LogP contribution >= 0.6 is 0 Å². The standard InChI is InChI=1S/C16H25N5O/c1-12(2)20(4)10-14-13-9-21(7-5-15(13)22-18-14)11-16-17-6-8-19(16)3/h6,8,12H,5,7,9-11H2,1-4H3. The molecule has 0 amide bonds. The topological polar surface area (TPSA) is 50.3 Å². The fourth-order valence-corrected chi connectivity index (χ4v) is 2.75. The van der Waals surface area contributed by atoms with Crippen LogP contribution in [0.15, 0.2) is 16.9 Å². The van der Waals surface area contributed by atoms with Crippen LogP contribution in [0.4, 0.5) is 0 Å². The van der Waals surface area contributed by atoms with Crippen LogP contribution in [0.5, 0.6) is 0 Å². The summed E-state index contributed by atoms with van der Waals surface area (Å²) >= 11 is 0. The fourth-order valence-electron chi connectivity index (χ4n) is 2.75. The first-order valence-corrected chi connectivity index (χ1v) is 7.89. The molecule has 0 unspecified atom stereocenters. The molecule has 3 heterocycles. The van der Waals surface area contributed by atoms with Crippen LogP contribution in [-0.4, -0.2) is 44.1 Å². The lowest BCUT2D eigenvalue weighted by molar-refractivity contribution is 0.221. The molecule has 0 atom stereocenters. The van der Waals surface area contributed by atoms with E-state index in [1.165, 1.54) is 5.56 Å². The molecule has 6 heteroatoms. The van der Waals surface area contributed by atoms with Crippen molar-refractivity contribution in [3.05, 3.63) is 35.2 Å². The van der Waals surface area contributed by atoms with Gasteiger partial charge in [0.05, 0.1) is 6.54 Å². The molecule has 0 spiro atoms. The highest BCUT2D eigenvalue weighted by Gasteiger charge is 2.25. The van der Waals surface area contributed by atoms with Crippen molar-refractivity contribution in [2.24, 2.45) is 7.05 Å². The maximum atomic E-state index is 5.55. The van der Waals surface area contributed by atoms with Gasteiger partial charge in [-0.3, -0.25) is 9.80 Å². The third-order valence-electron chi connectivity index (χ3n) is 4.55. The Hall–Kier alpha value is -1.66. The van der Waals surface area contributed by atoms with E-state index in [-0.39, 0.29) is 0 Å². The minimum atomic E-state index is 0.500. The third-order valence-corrected chi connectivity index (χ3v) is 4.55. The highest BCUT2D eigenvalue weighted by atomic mass is 16.5. The lowest BCUT2D eigenvalue weighted by atomic mass is 10.1. The summed E-state index contributed by atoms with van der Waals surface area (Å²) in [7, 11) is 4.17. The van der Waals surface area contributed by atoms with Crippen molar-refractivity contribution in [3.63, 3.8) is 0 Å². The maximum Gasteiger partial charge on any atom is 0.142 e. The highest BCUT2D eigenvalue weighted by molar-refractivity contribution is 5.25. The number of nitrogens with zero attached hydrogens (tertiary/aromatic N) is 5. The molecule has 2 aromatic heterocycles. The summed E-state index contributed by atoms with van der Waals surface area (Å²) in [5.41, 5.74) is 2.35. The zero-order valence-electron chi connectivity index (χ0n) is 13.9. The monoisotopic (exact) mass is 303 g/mol. The Morgan fingerprint density at radius 2 is 2.23 bits per heavy atom. The van der Waals surface area contributed by atoms with Crippen LogP contribution in [-0.2, 0) is 33.1 Å². The maximum absolute atomic E-state index is 5.55. The van der Waals surface area contributed by atoms with Gasteiger partial charge in [-0.25, -0.2) is 4.98 Å². The second-order valence-electron chi connectivity index (χ2n) is 6.45. The lowest BCUT2D eigenvalue weighted by Gasteiger charge is -2.26. The Kier molecular flexibility index (Phi) is 4.31. The van der Waals surface area contributed by atoms with Crippen molar-refractivity contribution < 1.29 is 4.52 Å². The van der Waals surface area contributed by atoms with Crippen molar-refractivity contribution in [1.29, 1.82) is 0 Å². The summed E-state index contributed by atoms with van der Waals surface area (Å²) in [6.07, 6.45) is 4.78. The van der Waals surface area contributed by atoms with E-state index in [0.29, 0.717) is 6.04 Å². The molecule has 6 nitrogen and oxygen atoms in total. The first-order valence-electron chi connectivity index (χ1n) is 7.89. The third kappa shape index (κ3) is 3.08. The van der Waals surface area contributed by atoms with Gasteiger partial charge in [0, 0.05) is 57.1 Å². The van der Waals surface area contributed by atoms with Gasteiger partial charge in [0.25, 0.3) is 0 Å². The van der Waals surface area contributed by atoms with E-state index < -0.39 is 0 Å². The smallest absolute Gasteiger partial charge is 0.142 e. The summed E-state index contributed by atoms with van der Waals surface area (Å²) in [4.78, 5) is 9.13. The van der Waals surface area contributed by atoms with Crippen LogP contribution in [0, 0.1) is 0 Å². The number of imidazole rings is 1. The lowest BCUT2D eigenvalue weighted by Crippen LogP contribution is -2.32. The average Bonchev–Trinajstić information content (AvgIpc) is 3.06. The molecule has 0 saturated carbocycles. The second kappa shape index (κ2) is 6.22. The Balaban J connectivity index is 1.71. The highest BCUT2D eigenvalue weighted by Crippen LogP contribution is 2.24. The Morgan fingerprint density at radius 1 is 1.41 bits per heavy atom.